The Labute approximate surface area is 129 Å². The standard InChI is InChI=1S/C16H16FNO3S/c17-14-5-3-12(4-6-14)11-22(19,20)18-15-7-8-16-13(10-15)2-1-9-21-16/h3-8,10,18H,1-2,9,11H2. The highest BCUT2D eigenvalue weighted by Crippen LogP contribution is 2.28. The largest absolute Gasteiger partial charge is 0.493 e. The van der Waals surface area contributed by atoms with E-state index in [1.807, 2.05) is 0 Å². The summed E-state index contributed by atoms with van der Waals surface area (Å²) in [5.74, 6) is 0.234. The molecule has 0 saturated carbocycles. The van der Waals surface area contributed by atoms with Crippen LogP contribution in [0.1, 0.15) is 17.5 Å². The molecule has 0 bridgehead atoms. The lowest BCUT2D eigenvalue weighted by atomic mass is 10.1. The Bertz CT molecular complexity index is 772. The van der Waals surface area contributed by atoms with E-state index in [1.54, 1.807) is 18.2 Å². The number of hydrogen-bond donors (Lipinski definition) is 1. The summed E-state index contributed by atoms with van der Waals surface area (Å²) in [4.78, 5) is 0. The van der Waals surface area contributed by atoms with Crippen molar-refractivity contribution in [2.45, 2.75) is 18.6 Å². The highest BCUT2D eigenvalue weighted by atomic mass is 32.2. The van der Waals surface area contributed by atoms with Gasteiger partial charge in [-0.05, 0) is 54.3 Å². The van der Waals surface area contributed by atoms with Gasteiger partial charge in [0.05, 0.1) is 12.4 Å². The Morgan fingerprint density at radius 3 is 2.68 bits per heavy atom. The smallest absolute Gasteiger partial charge is 0.236 e. The average molecular weight is 321 g/mol. The molecule has 1 heterocycles. The fraction of sp³-hybridized carbons (Fsp3) is 0.250. The van der Waals surface area contributed by atoms with Crippen molar-refractivity contribution < 1.29 is 17.5 Å². The highest BCUT2D eigenvalue weighted by molar-refractivity contribution is 7.91. The molecule has 2 aromatic rings. The summed E-state index contributed by atoms with van der Waals surface area (Å²) in [7, 11) is -3.54. The van der Waals surface area contributed by atoms with Crippen molar-refractivity contribution in [1.29, 1.82) is 0 Å². The summed E-state index contributed by atoms with van der Waals surface area (Å²) in [6.07, 6.45) is 1.81. The van der Waals surface area contributed by atoms with Crippen LogP contribution in [0.5, 0.6) is 5.75 Å². The van der Waals surface area contributed by atoms with Crippen molar-refractivity contribution in [3.8, 4) is 5.75 Å². The summed E-state index contributed by atoms with van der Waals surface area (Å²) in [5.41, 5.74) is 2.06. The van der Waals surface area contributed by atoms with E-state index in [9.17, 15) is 12.8 Å². The van der Waals surface area contributed by atoms with Crippen LogP contribution >= 0.6 is 0 Å². The molecular formula is C16H16FNO3S. The lowest BCUT2D eigenvalue weighted by molar-refractivity contribution is 0.288. The molecule has 0 aromatic heterocycles. The van der Waals surface area contributed by atoms with Crippen LogP contribution in [0.15, 0.2) is 42.5 Å². The van der Waals surface area contributed by atoms with Crippen LogP contribution in [-0.2, 0) is 22.2 Å². The minimum Gasteiger partial charge on any atom is -0.493 e. The number of benzene rings is 2. The summed E-state index contributed by atoms with van der Waals surface area (Å²) in [5, 5.41) is 0. The number of nitrogens with one attached hydrogen (secondary N) is 1. The van der Waals surface area contributed by atoms with E-state index in [-0.39, 0.29) is 11.6 Å². The van der Waals surface area contributed by atoms with Gasteiger partial charge in [0.25, 0.3) is 0 Å². The van der Waals surface area contributed by atoms with E-state index >= 15 is 0 Å². The number of aryl methyl sites for hydroxylation is 1. The number of ether oxygens (including phenoxy) is 1. The van der Waals surface area contributed by atoms with Gasteiger partial charge in [-0.2, -0.15) is 0 Å². The molecule has 0 atom stereocenters. The van der Waals surface area contributed by atoms with Crippen molar-refractivity contribution in [3.05, 3.63) is 59.4 Å². The molecule has 0 aliphatic carbocycles. The fourth-order valence-corrected chi connectivity index (χ4v) is 3.63. The first-order valence-corrected chi connectivity index (χ1v) is 8.68. The van der Waals surface area contributed by atoms with Crippen LogP contribution in [0.3, 0.4) is 0 Å². The molecule has 1 aliphatic rings. The molecule has 4 nitrogen and oxygen atoms in total. The van der Waals surface area contributed by atoms with Crippen LogP contribution in [0.4, 0.5) is 10.1 Å². The van der Waals surface area contributed by atoms with Crippen molar-refractivity contribution in [1.82, 2.24) is 0 Å². The Balaban J connectivity index is 1.75. The van der Waals surface area contributed by atoms with Crippen LogP contribution in [0, 0.1) is 5.82 Å². The number of hydrogen-bond acceptors (Lipinski definition) is 3. The van der Waals surface area contributed by atoms with Gasteiger partial charge in [0.15, 0.2) is 0 Å². The van der Waals surface area contributed by atoms with Crippen LogP contribution in [-0.4, -0.2) is 15.0 Å². The van der Waals surface area contributed by atoms with E-state index < -0.39 is 10.0 Å². The van der Waals surface area contributed by atoms with Gasteiger partial charge < -0.3 is 4.74 Å². The third-order valence-electron chi connectivity index (χ3n) is 3.45. The zero-order valence-electron chi connectivity index (χ0n) is 11.9. The molecule has 0 spiro atoms. The predicted molar refractivity (Wildman–Crippen MR) is 82.9 cm³/mol. The van der Waals surface area contributed by atoms with Crippen molar-refractivity contribution in [3.63, 3.8) is 0 Å². The van der Waals surface area contributed by atoms with Gasteiger partial charge >= 0.3 is 0 Å². The summed E-state index contributed by atoms with van der Waals surface area (Å²) >= 11 is 0. The summed E-state index contributed by atoms with van der Waals surface area (Å²) < 4.78 is 45.3. The maximum atomic E-state index is 12.8. The van der Waals surface area contributed by atoms with Crippen molar-refractivity contribution >= 4 is 15.7 Å². The van der Waals surface area contributed by atoms with Gasteiger partial charge in [-0.15, -0.1) is 0 Å². The maximum Gasteiger partial charge on any atom is 0.236 e. The molecule has 1 aliphatic heterocycles. The molecule has 2 aromatic carbocycles. The first-order chi connectivity index (χ1) is 10.5. The number of anilines is 1. The Morgan fingerprint density at radius 2 is 1.91 bits per heavy atom. The monoisotopic (exact) mass is 321 g/mol. The lowest BCUT2D eigenvalue weighted by Crippen LogP contribution is -2.16. The summed E-state index contributed by atoms with van der Waals surface area (Å²) in [6, 6.07) is 10.7. The zero-order chi connectivity index (χ0) is 15.6. The molecule has 6 heteroatoms. The minimum atomic E-state index is -3.54. The fourth-order valence-electron chi connectivity index (χ4n) is 2.44. The highest BCUT2D eigenvalue weighted by Gasteiger charge is 2.15. The topological polar surface area (TPSA) is 55.4 Å². The first kappa shape index (κ1) is 14.8. The second-order valence-corrected chi connectivity index (χ2v) is 6.98. The molecule has 0 amide bonds. The van der Waals surface area contributed by atoms with Gasteiger partial charge in [0.2, 0.25) is 10.0 Å². The SMILES string of the molecule is O=S(=O)(Cc1ccc(F)cc1)Nc1ccc2c(c1)CCCO2. The van der Waals surface area contributed by atoms with E-state index in [0.29, 0.717) is 17.9 Å². The normalized spacial score (nSPS) is 14.0. The van der Waals surface area contributed by atoms with E-state index in [2.05, 4.69) is 4.72 Å². The number of fused-ring (bicyclic) bond motifs is 1. The van der Waals surface area contributed by atoms with E-state index in [0.717, 1.165) is 24.2 Å². The second kappa shape index (κ2) is 5.96. The van der Waals surface area contributed by atoms with Crippen LogP contribution in [0.25, 0.3) is 0 Å². The first-order valence-electron chi connectivity index (χ1n) is 7.02. The Hall–Kier alpha value is -2.08. The van der Waals surface area contributed by atoms with Gasteiger partial charge in [-0.1, -0.05) is 12.1 Å². The van der Waals surface area contributed by atoms with Crippen molar-refractivity contribution in [2.75, 3.05) is 11.3 Å². The number of halogens is 1. The molecular weight excluding hydrogens is 305 g/mol. The molecule has 1 N–H and O–H groups in total. The minimum absolute atomic E-state index is 0.194. The molecule has 0 saturated heterocycles. The third-order valence-corrected chi connectivity index (χ3v) is 4.71. The molecule has 116 valence electrons. The van der Waals surface area contributed by atoms with Gasteiger partial charge in [-0.25, -0.2) is 12.8 Å². The molecule has 22 heavy (non-hydrogen) atoms. The van der Waals surface area contributed by atoms with Crippen LogP contribution < -0.4 is 9.46 Å². The maximum absolute atomic E-state index is 12.8. The average Bonchev–Trinajstić information content (AvgIpc) is 2.49. The molecule has 0 unspecified atom stereocenters. The number of rotatable bonds is 4. The quantitative estimate of drug-likeness (QED) is 0.941. The molecule has 3 rings (SSSR count). The Morgan fingerprint density at radius 1 is 1.14 bits per heavy atom. The van der Waals surface area contributed by atoms with E-state index in [1.165, 1.54) is 24.3 Å². The van der Waals surface area contributed by atoms with Crippen molar-refractivity contribution in [2.24, 2.45) is 0 Å². The van der Waals surface area contributed by atoms with Gasteiger partial charge in [0, 0.05) is 5.69 Å². The third kappa shape index (κ3) is 3.57. The van der Waals surface area contributed by atoms with Crippen LogP contribution in [0.2, 0.25) is 0 Å². The number of sulfonamides is 1. The second-order valence-electron chi connectivity index (χ2n) is 5.26. The Kier molecular flexibility index (Phi) is 4.02. The lowest BCUT2D eigenvalue weighted by Gasteiger charge is -2.18. The summed E-state index contributed by atoms with van der Waals surface area (Å²) in [6.45, 7) is 0.697. The van der Waals surface area contributed by atoms with E-state index in [4.69, 9.17) is 4.74 Å². The predicted octanol–water partition coefficient (Wildman–Crippen LogP) is 3.09. The van der Waals surface area contributed by atoms with Gasteiger partial charge in [0.1, 0.15) is 11.6 Å². The molecule has 0 radical (unpaired) electrons. The van der Waals surface area contributed by atoms with Gasteiger partial charge in [-0.3, -0.25) is 4.72 Å². The molecule has 0 fully saturated rings. The zero-order valence-corrected chi connectivity index (χ0v) is 12.7.